The SMILES string of the molecule is Cc1cc(CO)cc(C)c1OC1CC(C)CC(C)C1. The van der Waals surface area contributed by atoms with Gasteiger partial charge in [0.25, 0.3) is 0 Å². The minimum atomic E-state index is 0.0967. The average molecular weight is 262 g/mol. The van der Waals surface area contributed by atoms with Crippen molar-refractivity contribution in [2.24, 2.45) is 11.8 Å². The maximum absolute atomic E-state index is 9.23. The summed E-state index contributed by atoms with van der Waals surface area (Å²) in [6.45, 7) is 8.87. The number of ether oxygens (including phenoxy) is 1. The van der Waals surface area contributed by atoms with E-state index in [1.165, 1.54) is 6.42 Å². The van der Waals surface area contributed by atoms with E-state index in [0.717, 1.165) is 47.1 Å². The molecule has 1 saturated carbocycles. The van der Waals surface area contributed by atoms with Crippen molar-refractivity contribution in [1.29, 1.82) is 0 Å². The summed E-state index contributed by atoms with van der Waals surface area (Å²) in [5.41, 5.74) is 3.23. The lowest BCUT2D eigenvalue weighted by atomic mass is 9.81. The van der Waals surface area contributed by atoms with Crippen LogP contribution in [0.15, 0.2) is 12.1 Å². The Bertz CT molecular complexity index is 406. The van der Waals surface area contributed by atoms with Crippen molar-refractivity contribution in [2.75, 3.05) is 0 Å². The summed E-state index contributed by atoms with van der Waals surface area (Å²) in [5, 5.41) is 9.23. The molecule has 0 aromatic heterocycles. The van der Waals surface area contributed by atoms with E-state index >= 15 is 0 Å². The predicted octanol–water partition coefficient (Wildman–Crippen LogP) is 4.00. The van der Waals surface area contributed by atoms with E-state index in [0.29, 0.717) is 6.10 Å². The van der Waals surface area contributed by atoms with E-state index < -0.39 is 0 Å². The molecule has 2 unspecified atom stereocenters. The number of rotatable bonds is 3. The van der Waals surface area contributed by atoms with Gasteiger partial charge >= 0.3 is 0 Å². The molecule has 1 fully saturated rings. The van der Waals surface area contributed by atoms with Gasteiger partial charge in [-0.15, -0.1) is 0 Å². The molecule has 0 spiro atoms. The second-order valence-corrected chi connectivity index (χ2v) is 6.37. The number of benzene rings is 1. The average Bonchev–Trinajstić information content (AvgIpc) is 2.32. The van der Waals surface area contributed by atoms with Crippen LogP contribution in [0.5, 0.6) is 5.75 Å². The van der Waals surface area contributed by atoms with E-state index in [1.807, 2.05) is 12.1 Å². The topological polar surface area (TPSA) is 29.5 Å². The Morgan fingerprint density at radius 3 is 2.05 bits per heavy atom. The summed E-state index contributed by atoms with van der Waals surface area (Å²) in [6.07, 6.45) is 3.98. The molecule has 2 rings (SSSR count). The molecule has 2 atom stereocenters. The van der Waals surface area contributed by atoms with Crippen molar-refractivity contribution < 1.29 is 9.84 Å². The van der Waals surface area contributed by atoms with Gasteiger partial charge in [0.15, 0.2) is 0 Å². The van der Waals surface area contributed by atoms with E-state index in [1.54, 1.807) is 0 Å². The highest BCUT2D eigenvalue weighted by molar-refractivity contribution is 5.43. The molecule has 1 aliphatic carbocycles. The molecule has 0 bridgehead atoms. The zero-order valence-corrected chi connectivity index (χ0v) is 12.6. The highest BCUT2D eigenvalue weighted by Crippen LogP contribution is 2.33. The van der Waals surface area contributed by atoms with Crippen molar-refractivity contribution in [3.05, 3.63) is 28.8 Å². The second kappa shape index (κ2) is 5.96. The van der Waals surface area contributed by atoms with Crippen LogP contribution >= 0.6 is 0 Å². The van der Waals surface area contributed by atoms with Crippen LogP contribution in [0.1, 0.15) is 49.8 Å². The monoisotopic (exact) mass is 262 g/mol. The van der Waals surface area contributed by atoms with Crippen molar-refractivity contribution in [2.45, 2.75) is 59.7 Å². The Hall–Kier alpha value is -1.02. The fourth-order valence-electron chi connectivity index (χ4n) is 3.45. The molecule has 1 aliphatic rings. The summed E-state index contributed by atoms with van der Waals surface area (Å²) in [7, 11) is 0. The van der Waals surface area contributed by atoms with Gasteiger partial charge in [-0.1, -0.05) is 26.0 Å². The highest BCUT2D eigenvalue weighted by Gasteiger charge is 2.26. The summed E-state index contributed by atoms with van der Waals surface area (Å²) >= 11 is 0. The summed E-state index contributed by atoms with van der Waals surface area (Å²) < 4.78 is 6.28. The molecule has 2 nitrogen and oxygen atoms in total. The van der Waals surface area contributed by atoms with Crippen LogP contribution < -0.4 is 4.74 Å². The molecule has 0 radical (unpaired) electrons. The Morgan fingerprint density at radius 1 is 1.05 bits per heavy atom. The standard InChI is InChI=1S/C17H26O2/c1-11-5-12(2)7-16(6-11)19-17-13(3)8-15(10-18)9-14(17)4/h8-9,11-12,16,18H,5-7,10H2,1-4H3. The molecule has 2 heteroatoms. The van der Waals surface area contributed by atoms with Crippen molar-refractivity contribution >= 4 is 0 Å². The van der Waals surface area contributed by atoms with Gasteiger partial charge < -0.3 is 9.84 Å². The fraction of sp³-hybridized carbons (Fsp3) is 0.647. The van der Waals surface area contributed by atoms with Gasteiger partial charge in [-0.3, -0.25) is 0 Å². The maximum Gasteiger partial charge on any atom is 0.125 e. The quantitative estimate of drug-likeness (QED) is 0.892. The van der Waals surface area contributed by atoms with E-state index in [9.17, 15) is 5.11 Å². The first-order valence-electron chi connectivity index (χ1n) is 7.37. The lowest BCUT2D eigenvalue weighted by Gasteiger charge is -2.32. The first kappa shape index (κ1) is 14.4. The lowest BCUT2D eigenvalue weighted by molar-refractivity contribution is 0.0996. The molecule has 0 amide bonds. The molecule has 19 heavy (non-hydrogen) atoms. The lowest BCUT2D eigenvalue weighted by Crippen LogP contribution is -2.29. The van der Waals surface area contributed by atoms with Gasteiger partial charge in [-0.2, -0.15) is 0 Å². The van der Waals surface area contributed by atoms with Crippen LogP contribution in [0.2, 0.25) is 0 Å². The molecule has 1 aromatic carbocycles. The minimum absolute atomic E-state index is 0.0967. The van der Waals surface area contributed by atoms with Crippen LogP contribution in [0.25, 0.3) is 0 Å². The van der Waals surface area contributed by atoms with Gasteiger partial charge in [0.1, 0.15) is 5.75 Å². The van der Waals surface area contributed by atoms with Crippen molar-refractivity contribution in [3.63, 3.8) is 0 Å². The Labute approximate surface area is 116 Å². The summed E-state index contributed by atoms with van der Waals surface area (Å²) in [4.78, 5) is 0. The zero-order chi connectivity index (χ0) is 14.0. The third kappa shape index (κ3) is 3.50. The molecule has 1 N–H and O–H groups in total. The Kier molecular flexibility index (Phi) is 4.51. The number of hydrogen-bond acceptors (Lipinski definition) is 2. The van der Waals surface area contributed by atoms with Crippen LogP contribution in [0.3, 0.4) is 0 Å². The molecule has 106 valence electrons. The normalized spacial score (nSPS) is 27.3. The first-order valence-corrected chi connectivity index (χ1v) is 7.37. The van der Waals surface area contributed by atoms with Gasteiger partial charge in [0, 0.05) is 0 Å². The molecule has 1 aromatic rings. The maximum atomic E-state index is 9.23. The number of hydrogen-bond donors (Lipinski definition) is 1. The molecular formula is C17H26O2. The van der Waals surface area contributed by atoms with Gasteiger partial charge in [0.05, 0.1) is 12.7 Å². The van der Waals surface area contributed by atoms with Crippen molar-refractivity contribution in [1.82, 2.24) is 0 Å². The fourth-order valence-corrected chi connectivity index (χ4v) is 3.45. The molecule has 0 aliphatic heterocycles. The number of aliphatic hydroxyl groups excluding tert-OH is 1. The minimum Gasteiger partial charge on any atom is -0.490 e. The van der Waals surface area contributed by atoms with Gasteiger partial charge in [-0.25, -0.2) is 0 Å². The van der Waals surface area contributed by atoms with Crippen LogP contribution in [0, 0.1) is 25.7 Å². The van der Waals surface area contributed by atoms with Crippen LogP contribution in [-0.4, -0.2) is 11.2 Å². The largest absolute Gasteiger partial charge is 0.490 e. The molecular weight excluding hydrogens is 236 g/mol. The van der Waals surface area contributed by atoms with E-state index in [-0.39, 0.29) is 6.61 Å². The van der Waals surface area contributed by atoms with E-state index in [4.69, 9.17) is 4.74 Å². The second-order valence-electron chi connectivity index (χ2n) is 6.37. The molecule has 0 heterocycles. The van der Waals surface area contributed by atoms with E-state index in [2.05, 4.69) is 27.7 Å². The van der Waals surface area contributed by atoms with Gasteiger partial charge in [-0.05, 0) is 61.6 Å². The number of aryl methyl sites for hydroxylation is 2. The van der Waals surface area contributed by atoms with Crippen LogP contribution in [-0.2, 0) is 6.61 Å². The Morgan fingerprint density at radius 2 is 1.58 bits per heavy atom. The highest BCUT2D eigenvalue weighted by atomic mass is 16.5. The van der Waals surface area contributed by atoms with Crippen LogP contribution in [0.4, 0.5) is 0 Å². The first-order chi connectivity index (χ1) is 8.99. The summed E-state index contributed by atoms with van der Waals surface area (Å²) in [5.74, 6) is 2.53. The van der Waals surface area contributed by atoms with Gasteiger partial charge in [0.2, 0.25) is 0 Å². The Balaban J connectivity index is 2.14. The molecule has 0 saturated heterocycles. The third-order valence-corrected chi connectivity index (χ3v) is 4.12. The van der Waals surface area contributed by atoms with Crippen molar-refractivity contribution in [3.8, 4) is 5.75 Å². The summed E-state index contributed by atoms with van der Waals surface area (Å²) in [6, 6.07) is 4.05. The smallest absolute Gasteiger partial charge is 0.125 e. The zero-order valence-electron chi connectivity index (χ0n) is 12.6. The predicted molar refractivity (Wildman–Crippen MR) is 78.4 cm³/mol. The number of aliphatic hydroxyl groups is 1. The third-order valence-electron chi connectivity index (χ3n) is 4.12.